The molecule has 0 fully saturated rings. The Hall–Kier alpha value is -2.69. The van der Waals surface area contributed by atoms with Crippen molar-refractivity contribution in [1.82, 2.24) is 10.2 Å². The molecule has 25 heavy (non-hydrogen) atoms. The lowest BCUT2D eigenvalue weighted by molar-refractivity contribution is -0.128. The maximum absolute atomic E-state index is 13.7. The minimum atomic E-state index is -0.265. The highest BCUT2D eigenvalue weighted by atomic mass is 19.1. The second-order valence-corrected chi connectivity index (χ2v) is 5.97. The molecular formula is C20H23FN2O2. The number of amides is 2. The van der Waals surface area contributed by atoms with Gasteiger partial charge in [-0.2, -0.15) is 0 Å². The fraction of sp³-hybridized carbons (Fsp3) is 0.300. The van der Waals surface area contributed by atoms with Crippen LogP contribution in [0.1, 0.15) is 28.4 Å². The molecule has 0 aliphatic carbocycles. The number of nitrogens with one attached hydrogen (secondary N) is 1. The fourth-order valence-electron chi connectivity index (χ4n) is 2.49. The topological polar surface area (TPSA) is 49.4 Å². The number of halogens is 1. The first-order valence-corrected chi connectivity index (χ1v) is 8.31. The van der Waals surface area contributed by atoms with Crippen LogP contribution in [0.2, 0.25) is 0 Å². The number of hydrogen-bond acceptors (Lipinski definition) is 2. The summed E-state index contributed by atoms with van der Waals surface area (Å²) >= 11 is 0. The van der Waals surface area contributed by atoms with Gasteiger partial charge >= 0.3 is 0 Å². The van der Waals surface area contributed by atoms with Gasteiger partial charge in [0.15, 0.2) is 0 Å². The average molecular weight is 342 g/mol. The zero-order chi connectivity index (χ0) is 18.2. The van der Waals surface area contributed by atoms with Gasteiger partial charge in [-0.25, -0.2) is 4.39 Å². The van der Waals surface area contributed by atoms with Crippen molar-refractivity contribution in [3.8, 4) is 0 Å². The van der Waals surface area contributed by atoms with E-state index in [9.17, 15) is 14.0 Å². The van der Waals surface area contributed by atoms with Gasteiger partial charge in [-0.05, 0) is 37.1 Å². The zero-order valence-electron chi connectivity index (χ0n) is 14.6. The van der Waals surface area contributed by atoms with Gasteiger partial charge < -0.3 is 10.2 Å². The normalized spacial score (nSPS) is 10.4. The van der Waals surface area contributed by atoms with Gasteiger partial charge in [-0.3, -0.25) is 9.59 Å². The van der Waals surface area contributed by atoms with Crippen LogP contribution in [0.4, 0.5) is 4.39 Å². The highest BCUT2D eigenvalue weighted by Crippen LogP contribution is 2.08. The number of rotatable bonds is 7. The minimum Gasteiger partial charge on any atom is -0.350 e. The van der Waals surface area contributed by atoms with Crippen LogP contribution >= 0.6 is 0 Å². The van der Waals surface area contributed by atoms with E-state index in [-0.39, 0.29) is 17.6 Å². The molecule has 0 radical (unpaired) electrons. The first kappa shape index (κ1) is 18.6. The highest BCUT2D eigenvalue weighted by Gasteiger charge is 2.11. The summed E-state index contributed by atoms with van der Waals surface area (Å²) in [5.41, 5.74) is 2.26. The van der Waals surface area contributed by atoms with Crippen molar-refractivity contribution in [3.63, 3.8) is 0 Å². The van der Waals surface area contributed by atoms with Crippen LogP contribution in [-0.4, -0.2) is 36.3 Å². The van der Waals surface area contributed by atoms with Crippen molar-refractivity contribution in [2.75, 3.05) is 19.6 Å². The van der Waals surface area contributed by atoms with E-state index in [1.807, 2.05) is 19.1 Å². The molecule has 2 rings (SSSR count). The van der Waals surface area contributed by atoms with E-state index in [1.54, 1.807) is 35.2 Å². The first-order valence-electron chi connectivity index (χ1n) is 8.31. The monoisotopic (exact) mass is 342 g/mol. The van der Waals surface area contributed by atoms with Crippen LogP contribution in [-0.2, 0) is 11.2 Å². The molecule has 0 saturated carbocycles. The second-order valence-electron chi connectivity index (χ2n) is 5.97. The molecule has 4 nitrogen and oxygen atoms in total. The first-order chi connectivity index (χ1) is 12.0. The maximum Gasteiger partial charge on any atom is 0.251 e. The van der Waals surface area contributed by atoms with Crippen LogP contribution in [0.25, 0.3) is 0 Å². The zero-order valence-corrected chi connectivity index (χ0v) is 14.6. The molecular weight excluding hydrogens is 319 g/mol. The average Bonchev–Trinajstić information content (AvgIpc) is 2.59. The summed E-state index contributed by atoms with van der Waals surface area (Å²) in [4.78, 5) is 25.4. The van der Waals surface area contributed by atoms with E-state index in [0.29, 0.717) is 37.2 Å². The lowest BCUT2D eigenvalue weighted by Crippen LogP contribution is -2.38. The molecule has 0 atom stereocenters. The molecule has 2 aromatic carbocycles. The smallest absolute Gasteiger partial charge is 0.251 e. The summed E-state index contributed by atoms with van der Waals surface area (Å²) in [5.74, 6) is -0.530. The molecule has 132 valence electrons. The molecule has 2 aromatic rings. The summed E-state index contributed by atoms with van der Waals surface area (Å²) < 4.78 is 13.7. The third-order valence-electron chi connectivity index (χ3n) is 4.04. The number of hydrogen-bond donors (Lipinski definition) is 1. The van der Waals surface area contributed by atoms with E-state index in [2.05, 4.69) is 5.32 Å². The molecule has 2 amide bonds. The predicted molar refractivity (Wildman–Crippen MR) is 95.9 cm³/mol. The summed E-state index contributed by atoms with van der Waals surface area (Å²) in [6.45, 7) is 4.59. The van der Waals surface area contributed by atoms with Crippen molar-refractivity contribution in [3.05, 3.63) is 71.0 Å². The number of carbonyl (C=O) groups is 2. The van der Waals surface area contributed by atoms with Gasteiger partial charge in [0.2, 0.25) is 5.91 Å². The quantitative estimate of drug-likeness (QED) is 0.841. The van der Waals surface area contributed by atoms with Crippen LogP contribution in [0.5, 0.6) is 0 Å². The van der Waals surface area contributed by atoms with Gasteiger partial charge in [-0.1, -0.05) is 35.9 Å². The van der Waals surface area contributed by atoms with Crippen molar-refractivity contribution in [1.29, 1.82) is 0 Å². The van der Waals surface area contributed by atoms with Gasteiger partial charge in [0.05, 0.1) is 0 Å². The maximum atomic E-state index is 13.7. The Balaban J connectivity index is 1.83. The SMILES string of the molecule is CC(=O)N(CCNC(=O)c1ccc(C)cc1)CCc1ccccc1F. The number of benzene rings is 2. The third kappa shape index (κ3) is 5.71. The highest BCUT2D eigenvalue weighted by molar-refractivity contribution is 5.94. The number of nitrogens with zero attached hydrogens (tertiary/aromatic N) is 1. The Morgan fingerprint density at radius 1 is 1.04 bits per heavy atom. The Kier molecular flexibility index (Phi) is 6.69. The molecule has 0 unspecified atom stereocenters. The molecule has 1 N–H and O–H groups in total. The third-order valence-corrected chi connectivity index (χ3v) is 4.04. The van der Waals surface area contributed by atoms with Crippen LogP contribution in [0, 0.1) is 12.7 Å². The molecule has 5 heteroatoms. The van der Waals surface area contributed by atoms with Crippen LogP contribution in [0.3, 0.4) is 0 Å². The van der Waals surface area contributed by atoms with E-state index >= 15 is 0 Å². The summed E-state index contributed by atoms with van der Waals surface area (Å²) in [7, 11) is 0. The summed E-state index contributed by atoms with van der Waals surface area (Å²) in [6, 6.07) is 13.8. The summed E-state index contributed by atoms with van der Waals surface area (Å²) in [5, 5.41) is 2.81. The van der Waals surface area contributed by atoms with Gasteiger partial charge in [0.1, 0.15) is 5.82 Å². The molecule has 0 aromatic heterocycles. The van der Waals surface area contributed by atoms with Crippen molar-refractivity contribution in [2.45, 2.75) is 20.3 Å². The minimum absolute atomic E-state index is 0.0964. The molecule has 0 aliphatic heterocycles. The van der Waals surface area contributed by atoms with Crippen molar-refractivity contribution < 1.29 is 14.0 Å². The van der Waals surface area contributed by atoms with Crippen LogP contribution < -0.4 is 5.32 Å². The Labute approximate surface area is 147 Å². The van der Waals surface area contributed by atoms with E-state index in [4.69, 9.17) is 0 Å². The Morgan fingerprint density at radius 2 is 1.72 bits per heavy atom. The van der Waals surface area contributed by atoms with Gasteiger partial charge in [-0.15, -0.1) is 0 Å². The van der Waals surface area contributed by atoms with E-state index in [1.165, 1.54) is 13.0 Å². The lowest BCUT2D eigenvalue weighted by Gasteiger charge is -2.21. The lowest BCUT2D eigenvalue weighted by atomic mass is 10.1. The van der Waals surface area contributed by atoms with E-state index < -0.39 is 0 Å². The molecule has 0 spiro atoms. The number of carbonyl (C=O) groups excluding carboxylic acids is 2. The van der Waals surface area contributed by atoms with Crippen molar-refractivity contribution in [2.24, 2.45) is 0 Å². The van der Waals surface area contributed by atoms with Crippen LogP contribution in [0.15, 0.2) is 48.5 Å². The fourth-order valence-corrected chi connectivity index (χ4v) is 2.49. The molecule has 0 heterocycles. The molecule has 0 bridgehead atoms. The van der Waals surface area contributed by atoms with Gasteiger partial charge in [0, 0.05) is 32.1 Å². The van der Waals surface area contributed by atoms with E-state index in [0.717, 1.165) is 5.56 Å². The standard InChI is InChI=1S/C20H23FN2O2/c1-15-7-9-18(10-8-15)20(25)22-12-14-23(16(2)24)13-11-17-5-3-4-6-19(17)21/h3-10H,11-14H2,1-2H3,(H,22,25). The Morgan fingerprint density at radius 3 is 2.36 bits per heavy atom. The van der Waals surface area contributed by atoms with Crippen molar-refractivity contribution >= 4 is 11.8 Å². The Bertz CT molecular complexity index is 729. The summed E-state index contributed by atoms with van der Waals surface area (Å²) in [6.07, 6.45) is 0.443. The molecule has 0 aliphatic rings. The van der Waals surface area contributed by atoms with Gasteiger partial charge in [0.25, 0.3) is 5.91 Å². The second kappa shape index (κ2) is 8.97. The predicted octanol–water partition coefficient (Wildman–Crippen LogP) is 2.96. The molecule has 0 saturated heterocycles. The largest absolute Gasteiger partial charge is 0.350 e. The number of aryl methyl sites for hydroxylation is 1.